The normalized spacial score (nSPS) is 15.1. The predicted molar refractivity (Wildman–Crippen MR) is 92.2 cm³/mol. The highest BCUT2D eigenvalue weighted by atomic mass is 19.2. The zero-order valence-corrected chi connectivity index (χ0v) is 14.3. The molecule has 1 aromatic carbocycles. The van der Waals surface area contributed by atoms with Crippen LogP contribution in [0.25, 0.3) is 0 Å². The quantitative estimate of drug-likeness (QED) is 0.889. The predicted octanol–water partition coefficient (Wildman–Crippen LogP) is 3.25. The molecule has 0 unspecified atom stereocenters. The number of pyridine rings is 1. The van der Waals surface area contributed by atoms with Crippen LogP contribution in [0.5, 0.6) is 0 Å². The number of benzene rings is 1. The molecule has 1 N–H and O–H groups in total. The molecule has 2 heterocycles. The van der Waals surface area contributed by atoms with Crippen LogP contribution < -0.4 is 5.32 Å². The zero-order chi connectivity index (χ0) is 18.4. The molecule has 7 heteroatoms. The summed E-state index contributed by atoms with van der Waals surface area (Å²) >= 11 is 0. The largest absolute Gasteiger partial charge is 0.373 e. The molecule has 0 aliphatic carbocycles. The van der Waals surface area contributed by atoms with Crippen LogP contribution in [0.3, 0.4) is 0 Å². The van der Waals surface area contributed by atoms with E-state index in [0.717, 1.165) is 24.5 Å². The molecule has 1 fully saturated rings. The van der Waals surface area contributed by atoms with Gasteiger partial charge in [0.25, 0.3) is 0 Å². The maximum Gasteiger partial charge on any atom is 0.317 e. The number of nitrogens with one attached hydrogen (secondary N) is 1. The maximum absolute atomic E-state index is 13.6. The van der Waals surface area contributed by atoms with E-state index in [4.69, 9.17) is 4.74 Å². The summed E-state index contributed by atoms with van der Waals surface area (Å²) in [5.74, 6) is -1.83. The third kappa shape index (κ3) is 4.76. The Hall–Kier alpha value is -2.54. The number of amides is 2. The summed E-state index contributed by atoms with van der Waals surface area (Å²) in [4.78, 5) is 17.9. The van der Waals surface area contributed by atoms with Gasteiger partial charge in [0, 0.05) is 37.6 Å². The number of nitrogens with zero attached hydrogens (tertiary/aromatic N) is 2. The standard InChI is InChI=1S/C19H21F2N3O2/c20-17-5-1-4-15(18(17)21)12-23-19(25)24-9-6-16(7-10-24)26-13-14-3-2-8-22-11-14/h1-5,8,11,16H,6-7,9-10,12-13H2,(H,23,25). The van der Waals surface area contributed by atoms with Crippen molar-refractivity contribution in [3.8, 4) is 0 Å². The molecule has 1 aliphatic rings. The van der Waals surface area contributed by atoms with Crippen LogP contribution in [0.4, 0.5) is 13.6 Å². The lowest BCUT2D eigenvalue weighted by Gasteiger charge is -2.32. The molecule has 0 spiro atoms. The van der Waals surface area contributed by atoms with E-state index in [1.807, 2.05) is 12.1 Å². The number of rotatable bonds is 5. The van der Waals surface area contributed by atoms with E-state index in [1.54, 1.807) is 17.3 Å². The van der Waals surface area contributed by atoms with Crippen LogP contribution in [-0.4, -0.2) is 35.1 Å². The van der Waals surface area contributed by atoms with Gasteiger partial charge in [-0.1, -0.05) is 18.2 Å². The molecule has 3 rings (SSSR count). The summed E-state index contributed by atoms with van der Waals surface area (Å²) in [6, 6.07) is 7.48. The van der Waals surface area contributed by atoms with Crippen LogP contribution in [0.1, 0.15) is 24.0 Å². The lowest BCUT2D eigenvalue weighted by molar-refractivity contribution is 0.00434. The summed E-state index contributed by atoms with van der Waals surface area (Å²) in [6.07, 6.45) is 5.06. The van der Waals surface area contributed by atoms with Gasteiger partial charge < -0.3 is 15.0 Å². The minimum atomic E-state index is -0.921. The van der Waals surface area contributed by atoms with E-state index in [2.05, 4.69) is 10.3 Å². The number of carbonyl (C=O) groups excluding carboxylic acids is 1. The molecular formula is C19H21F2N3O2. The van der Waals surface area contributed by atoms with Gasteiger partial charge in [-0.05, 0) is 30.5 Å². The minimum Gasteiger partial charge on any atom is -0.373 e. The van der Waals surface area contributed by atoms with Gasteiger partial charge in [0.2, 0.25) is 0 Å². The summed E-state index contributed by atoms with van der Waals surface area (Å²) < 4.78 is 32.7. The number of hydrogen-bond donors (Lipinski definition) is 1. The highest BCUT2D eigenvalue weighted by molar-refractivity contribution is 5.74. The van der Waals surface area contributed by atoms with E-state index in [9.17, 15) is 13.6 Å². The molecular weight excluding hydrogens is 340 g/mol. The summed E-state index contributed by atoms with van der Waals surface area (Å²) in [6.45, 7) is 1.59. The third-order valence-corrected chi connectivity index (χ3v) is 4.40. The van der Waals surface area contributed by atoms with E-state index in [-0.39, 0.29) is 24.2 Å². The van der Waals surface area contributed by atoms with Crippen LogP contribution in [0.2, 0.25) is 0 Å². The molecule has 138 valence electrons. The number of hydrogen-bond acceptors (Lipinski definition) is 3. The minimum absolute atomic E-state index is 0.0418. The third-order valence-electron chi connectivity index (χ3n) is 4.40. The lowest BCUT2D eigenvalue weighted by atomic mass is 10.1. The number of likely N-dealkylation sites (tertiary alicyclic amines) is 1. The van der Waals surface area contributed by atoms with Crippen molar-refractivity contribution in [1.29, 1.82) is 0 Å². The second kappa shape index (κ2) is 8.71. The Morgan fingerprint density at radius 1 is 1.23 bits per heavy atom. The summed E-state index contributed by atoms with van der Waals surface area (Å²) in [5, 5.41) is 2.64. The van der Waals surface area contributed by atoms with Gasteiger partial charge in [-0.2, -0.15) is 0 Å². The van der Waals surface area contributed by atoms with Crippen LogP contribution in [-0.2, 0) is 17.9 Å². The van der Waals surface area contributed by atoms with Crippen molar-refractivity contribution in [1.82, 2.24) is 15.2 Å². The Kier molecular flexibility index (Phi) is 6.12. The van der Waals surface area contributed by atoms with Crippen molar-refractivity contribution in [3.05, 3.63) is 65.5 Å². The van der Waals surface area contributed by atoms with Gasteiger partial charge in [-0.25, -0.2) is 13.6 Å². The van der Waals surface area contributed by atoms with Crippen molar-refractivity contribution < 1.29 is 18.3 Å². The van der Waals surface area contributed by atoms with Gasteiger partial charge in [0.15, 0.2) is 11.6 Å². The fraction of sp³-hybridized carbons (Fsp3) is 0.368. The van der Waals surface area contributed by atoms with E-state index in [1.165, 1.54) is 12.1 Å². The van der Waals surface area contributed by atoms with Gasteiger partial charge in [0.1, 0.15) is 0 Å². The van der Waals surface area contributed by atoms with E-state index < -0.39 is 11.6 Å². The number of piperidine rings is 1. The van der Waals surface area contributed by atoms with Crippen molar-refractivity contribution in [2.24, 2.45) is 0 Å². The zero-order valence-electron chi connectivity index (χ0n) is 14.3. The number of aromatic nitrogens is 1. The molecule has 5 nitrogen and oxygen atoms in total. The lowest BCUT2D eigenvalue weighted by Crippen LogP contribution is -2.45. The molecule has 0 saturated carbocycles. The fourth-order valence-electron chi connectivity index (χ4n) is 2.89. The molecule has 0 radical (unpaired) electrons. The van der Waals surface area contributed by atoms with Crippen molar-refractivity contribution in [3.63, 3.8) is 0 Å². The van der Waals surface area contributed by atoms with Crippen molar-refractivity contribution >= 4 is 6.03 Å². The molecule has 1 aliphatic heterocycles. The van der Waals surface area contributed by atoms with Gasteiger partial charge in [-0.3, -0.25) is 4.98 Å². The topological polar surface area (TPSA) is 54.5 Å². The smallest absolute Gasteiger partial charge is 0.317 e. The highest BCUT2D eigenvalue weighted by Crippen LogP contribution is 2.16. The monoisotopic (exact) mass is 361 g/mol. The molecule has 2 aromatic rings. The first-order chi connectivity index (χ1) is 12.6. The highest BCUT2D eigenvalue weighted by Gasteiger charge is 2.23. The molecule has 1 aromatic heterocycles. The molecule has 26 heavy (non-hydrogen) atoms. The Bertz CT molecular complexity index is 735. The number of urea groups is 1. The number of halogens is 2. The molecule has 0 atom stereocenters. The number of carbonyl (C=O) groups is 1. The number of ether oxygens (including phenoxy) is 1. The first kappa shape index (κ1) is 18.3. The van der Waals surface area contributed by atoms with E-state index >= 15 is 0 Å². The Labute approximate surface area is 151 Å². The molecule has 1 saturated heterocycles. The van der Waals surface area contributed by atoms with Gasteiger partial charge in [0.05, 0.1) is 12.7 Å². The van der Waals surface area contributed by atoms with E-state index in [0.29, 0.717) is 19.7 Å². The van der Waals surface area contributed by atoms with Crippen LogP contribution >= 0.6 is 0 Å². The molecule has 2 amide bonds. The van der Waals surface area contributed by atoms with Crippen molar-refractivity contribution in [2.75, 3.05) is 13.1 Å². The van der Waals surface area contributed by atoms with Crippen LogP contribution in [0, 0.1) is 11.6 Å². The summed E-state index contributed by atoms with van der Waals surface area (Å²) in [5.41, 5.74) is 1.15. The molecule has 0 bridgehead atoms. The first-order valence-corrected chi connectivity index (χ1v) is 8.59. The Morgan fingerprint density at radius 2 is 2.04 bits per heavy atom. The first-order valence-electron chi connectivity index (χ1n) is 8.59. The average Bonchev–Trinajstić information content (AvgIpc) is 2.68. The maximum atomic E-state index is 13.6. The van der Waals surface area contributed by atoms with Crippen molar-refractivity contribution in [2.45, 2.75) is 32.1 Å². The van der Waals surface area contributed by atoms with Crippen LogP contribution in [0.15, 0.2) is 42.7 Å². The second-order valence-corrected chi connectivity index (χ2v) is 6.23. The second-order valence-electron chi connectivity index (χ2n) is 6.23. The summed E-state index contributed by atoms with van der Waals surface area (Å²) in [7, 11) is 0. The fourth-order valence-corrected chi connectivity index (χ4v) is 2.89. The Balaban J connectivity index is 1.41. The van der Waals surface area contributed by atoms with Gasteiger partial charge in [-0.15, -0.1) is 0 Å². The average molecular weight is 361 g/mol. The SMILES string of the molecule is O=C(NCc1cccc(F)c1F)N1CCC(OCc2cccnc2)CC1. The van der Waals surface area contributed by atoms with Gasteiger partial charge >= 0.3 is 6.03 Å². The Morgan fingerprint density at radius 3 is 2.77 bits per heavy atom.